The molecule has 342 valence electrons. The molecule has 0 aliphatic carbocycles. The SMILES string of the molecule is CCc1c(-c2cccc(-c3ccc(-c4cccc(-c5ccccc5)n4)[nH]3)n2)[nH]c(-c2cccc(-c3[nH]c(-c4cccc(-c5ccc(-c6cccc(-c7ccccc7)n6)[nH]5)n4)c(CC)c3CC)n2)c1CC. The molecule has 11 rings (SSSR count). The zero-order valence-corrected chi connectivity index (χ0v) is 39.8. The third-order valence-corrected chi connectivity index (χ3v) is 13.2. The van der Waals surface area contributed by atoms with E-state index in [1.807, 2.05) is 60.7 Å². The van der Waals surface area contributed by atoms with Crippen molar-refractivity contribution in [3.63, 3.8) is 0 Å². The highest BCUT2D eigenvalue weighted by molar-refractivity contribution is 5.79. The van der Waals surface area contributed by atoms with Gasteiger partial charge in [-0.25, -0.2) is 24.9 Å². The first-order valence-electron chi connectivity index (χ1n) is 24.3. The van der Waals surface area contributed by atoms with E-state index in [9.17, 15) is 0 Å². The normalized spacial score (nSPS) is 11.4. The van der Waals surface area contributed by atoms with E-state index in [1.165, 1.54) is 22.3 Å². The van der Waals surface area contributed by atoms with Gasteiger partial charge < -0.3 is 19.9 Å². The first kappa shape index (κ1) is 43.9. The van der Waals surface area contributed by atoms with Crippen LogP contribution in [-0.4, -0.2) is 44.9 Å². The van der Waals surface area contributed by atoms with Crippen molar-refractivity contribution in [3.8, 4) is 114 Å². The Balaban J connectivity index is 0.892. The highest BCUT2D eigenvalue weighted by atomic mass is 14.9. The number of nitrogens with one attached hydrogen (secondary N) is 4. The lowest BCUT2D eigenvalue weighted by Crippen LogP contribution is -1.95. The molecule has 0 bridgehead atoms. The fourth-order valence-electron chi connectivity index (χ4n) is 9.85. The van der Waals surface area contributed by atoms with Crippen molar-refractivity contribution in [1.82, 2.24) is 44.9 Å². The number of aromatic amines is 4. The number of rotatable bonds is 14. The molecule has 0 radical (unpaired) electrons. The van der Waals surface area contributed by atoms with Gasteiger partial charge in [-0.2, -0.15) is 0 Å². The van der Waals surface area contributed by atoms with Crippen molar-refractivity contribution in [3.05, 3.63) is 198 Å². The van der Waals surface area contributed by atoms with E-state index in [2.05, 4.69) is 163 Å². The summed E-state index contributed by atoms with van der Waals surface area (Å²) in [5, 5.41) is 0. The van der Waals surface area contributed by atoms with Crippen molar-refractivity contribution < 1.29 is 0 Å². The number of hydrogen-bond acceptors (Lipinski definition) is 5. The average molecular weight is 912 g/mol. The largest absolute Gasteiger partial charge is 0.352 e. The second-order valence-corrected chi connectivity index (χ2v) is 17.4. The summed E-state index contributed by atoms with van der Waals surface area (Å²) < 4.78 is 0. The molecule has 11 aromatic rings. The number of hydrogen-bond donors (Lipinski definition) is 4. The molecule has 4 N–H and O–H groups in total. The van der Waals surface area contributed by atoms with Crippen LogP contribution in [0, 0.1) is 0 Å². The van der Waals surface area contributed by atoms with Crippen LogP contribution in [0.25, 0.3) is 114 Å². The predicted octanol–water partition coefficient (Wildman–Crippen LogP) is 14.9. The molecule has 0 atom stereocenters. The zero-order chi connectivity index (χ0) is 47.6. The van der Waals surface area contributed by atoms with E-state index >= 15 is 0 Å². The molecule has 0 saturated carbocycles. The van der Waals surface area contributed by atoms with Gasteiger partial charge in [-0.05, 0) is 133 Å². The standard InChI is InChI=1S/C61H53N9/c1-5-40-42(7-3)60(69-58(40)54-30-17-28-48(66-54)52-36-34-50(64-52)46-26-15-24-44(62-46)38-20-11-9-12-21-38)56-32-19-33-57(68-56)61-43(8-4)41(6-2)59(70-61)55-31-18-29-49(67-55)53-37-35-51(65-53)47-27-16-25-45(63-47)39-22-13-10-14-23-39/h9-37,64-65,69-70H,5-8H2,1-4H3. The minimum absolute atomic E-state index is 0.851. The van der Waals surface area contributed by atoms with E-state index < -0.39 is 0 Å². The summed E-state index contributed by atoms with van der Waals surface area (Å²) in [5.74, 6) is 0. The lowest BCUT2D eigenvalue weighted by Gasteiger charge is -2.08. The molecular weight excluding hydrogens is 859 g/mol. The molecule has 0 spiro atoms. The van der Waals surface area contributed by atoms with Crippen LogP contribution in [0.2, 0.25) is 0 Å². The molecule has 0 aliphatic heterocycles. The van der Waals surface area contributed by atoms with E-state index in [-0.39, 0.29) is 0 Å². The monoisotopic (exact) mass is 911 g/mol. The van der Waals surface area contributed by atoms with Gasteiger partial charge in [-0.15, -0.1) is 0 Å². The van der Waals surface area contributed by atoms with Crippen molar-refractivity contribution in [2.75, 3.05) is 0 Å². The van der Waals surface area contributed by atoms with E-state index in [0.29, 0.717) is 0 Å². The number of H-pyrrole nitrogens is 4. The van der Waals surface area contributed by atoms with Crippen LogP contribution in [0.4, 0.5) is 0 Å². The van der Waals surface area contributed by atoms with Crippen LogP contribution in [0.5, 0.6) is 0 Å². The first-order chi connectivity index (χ1) is 34.5. The summed E-state index contributed by atoms with van der Waals surface area (Å²) in [5.41, 5.74) is 24.0. The highest BCUT2D eigenvalue weighted by Crippen LogP contribution is 2.38. The third-order valence-electron chi connectivity index (χ3n) is 13.2. The van der Waals surface area contributed by atoms with Gasteiger partial charge >= 0.3 is 0 Å². The summed E-state index contributed by atoms with van der Waals surface area (Å²) in [6, 6.07) is 60.0. The lowest BCUT2D eigenvalue weighted by molar-refractivity contribution is 1.05. The van der Waals surface area contributed by atoms with Crippen LogP contribution in [0.15, 0.2) is 176 Å². The molecular formula is C61H53N9. The van der Waals surface area contributed by atoms with Crippen molar-refractivity contribution in [1.29, 1.82) is 0 Å². The molecule has 70 heavy (non-hydrogen) atoms. The Bertz CT molecular complexity index is 3380. The molecule has 0 amide bonds. The van der Waals surface area contributed by atoms with Crippen molar-refractivity contribution in [2.45, 2.75) is 53.4 Å². The minimum atomic E-state index is 0.851. The molecule has 9 heterocycles. The van der Waals surface area contributed by atoms with Gasteiger partial charge in [0.1, 0.15) is 0 Å². The number of nitrogens with zero attached hydrogens (tertiary/aromatic N) is 5. The lowest BCUT2D eigenvalue weighted by atomic mass is 9.99. The van der Waals surface area contributed by atoms with Crippen LogP contribution in [0.3, 0.4) is 0 Å². The van der Waals surface area contributed by atoms with E-state index in [4.69, 9.17) is 24.9 Å². The molecule has 0 fully saturated rings. The molecule has 2 aromatic carbocycles. The molecule has 0 aliphatic rings. The maximum atomic E-state index is 5.41. The fourth-order valence-corrected chi connectivity index (χ4v) is 9.85. The Morgan fingerprint density at radius 3 is 0.771 bits per heavy atom. The Kier molecular flexibility index (Phi) is 12.0. The summed E-state index contributed by atoms with van der Waals surface area (Å²) in [6.45, 7) is 8.88. The molecule has 9 nitrogen and oxygen atoms in total. The fraction of sp³-hybridized carbons (Fsp3) is 0.131. The second-order valence-electron chi connectivity index (χ2n) is 17.4. The van der Waals surface area contributed by atoms with Crippen LogP contribution in [-0.2, 0) is 25.7 Å². The summed E-state index contributed by atoms with van der Waals surface area (Å²) >= 11 is 0. The van der Waals surface area contributed by atoms with Gasteiger partial charge in [0.15, 0.2) is 0 Å². The summed E-state index contributed by atoms with van der Waals surface area (Å²) in [6.07, 6.45) is 3.40. The summed E-state index contributed by atoms with van der Waals surface area (Å²) in [7, 11) is 0. The second kappa shape index (κ2) is 19.1. The van der Waals surface area contributed by atoms with Crippen molar-refractivity contribution >= 4 is 0 Å². The predicted molar refractivity (Wildman–Crippen MR) is 285 cm³/mol. The van der Waals surface area contributed by atoms with Gasteiger partial charge in [0.2, 0.25) is 0 Å². The average Bonchev–Trinajstić information content (AvgIpc) is 4.27. The van der Waals surface area contributed by atoms with Crippen LogP contribution >= 0.6 is 0 Å². The smallest absolute Gasteiger partial charge is 0.0875 e. The Morgan fingerprint density at radius 1 is 0.243 bits per heavy atom. The van der Waals surface area contributed by atoms with Crippen molar-refractivity contribution in [2.24, 2.45) is 0 Å². The summed E-state index contributed by atoms with van der Waals surface area (Å²) in [4.78, 5) is 40.8. The maximum Gasteiger partial charge on any atom is 0.0875 e. The van der Waals surface area contributed by atoms with E-state index in [1.54, 1.807) is 0 Å². The van der Waals surface area contributed by atoms with Gasteiger partial charge in [0.25, 0.3) is 0 Å². The molecule has 9 aromatic heterocycles. The first-order valence-corrected chi connectivity index (χ1v) is 24.3. The topological polar surface area (TPSA) is 128 Å². The number of aromatic nitrogens is 9. The zero-order valence-electron chi connectivity index (χ0n) is 39.8. The Morgan fingerprint density at radius 2 is 0.486 bits per heavy atom. The number of pyridine rings is 5. The third kappa shape index (κ3) is 8.36. The Labute approximate surface area is 408 Å². The quantitative estimate of drug-likeness (QED) is 0.0864. The number of benzene rings is 2. The van der Waals surface area contributed by atoms with Gasteiger partial charge in [0.05, 0.1) is 102 Å². The van der Waals surface area contributed by atoms with Gasteiger partial charge in [-0.1, -0.05) is 119 Å². The van der Waals surface area contributed by atoms with E-state index in [0.717, 1.165) is 139 Å². The molecule has 9 heteroatoms. The van der Waals surface area contributed by atoms with Gasteiger partial charge in [0, 0.05) is 11.1 Å². The minimum Gasteiger partial charge on any atom is -0.352 e. The van der Waals surface area contributed by atoms with Crippen LogP contribution in [0.1, 0.15) is 49.9 Å². The van der Waals surface area contributed by atoms with Crippen LogP contribution < -0.4 is 0 Å². The van der Waals surface area contributed by atoms with Gasteiger partial charge in [-0.3, -0.25) is 0 Å². The highest BCUT2D eigenvalue weighted by Gasteiger charge is 2.23. The maximum absolute atomic E-state index is 5.41. The molecule has 0 saturated heterocycles. The molecule has 0 unspecified atom stereocenters. The Hall–Kier alpha value is -8.69.